The minimum absolute atomic E-state index is 0.0952. The highest BCUT2D eigenvalue weighted by Gasteiger charge is 2.29. The van der Waals surface area contributed by atoms with Gasteiger partial charge < -0.3 is 10.2 Å². The van der Waals surface area contributed by atoms with Crippen molar-refractivity contribution in [2.45, 2.75) is 24.3 Å². The molecule has 7 heteroatoms. The Morgan fingerprint density at radius 1 is 1.22 bits per heavy atom. The molecule has 1 N–H and O–H groups in total. The van der Waals surface area contributed by atoms with E-state index in [2.05, 4.69) is 5.32 Å². The van der Waals surface area contributed by atoms with Gasteiger partial charge in [0.15, 0.2) is 9.84 Å². The van der Waals surface area contributed by atoms with Gasteiger partial charge in [-0.05, 0) is 36.8 Å². The Bertz CT molecular complexity index is 913. The van der Waals surface area contributed by atoms with Gasteiger partial charge >= 0.3 is 0 Å². The number of benzene rings is 2. The van der Waals surface area contributed by atoms with Crippen LogP contribution >= 0.6 is 0 Å². The molecule has 3 rings (SSSR count). The van der Waals surface area contributed by atoms with Crippen molar-refractivity contribution in [3.05, 3.63) is 65.5 Å². The molecular formula is C20H23FN2O3S. The van der Waals surface area contributed by atoms with E-state index < -0.39 is 9.84 Å². The number of piperazine rings is 1. The van der Waals surface area contributed by atoms with Crippen molar-refractivity contribution in [3.8, 4) is 0 Å². The molecule has 1 unspecified atom stereocenters. The summed E-state index contributed by atoms with van der Waals surface area (Å²) in [4.78, 5) is 14.6. The van der Waals surface area contributed by atoms with Crippen LogP contribution in [0.3, 0.4) is 0 Å². The summed E-state index contributed by atoms with van der Waals surface area (Å²) >= 11 is 0. The standard InChI is InChI=1S/C20H23FN2O3S/c1-15-5-7-18(8-6-15)27(25,26)12-9-20(24)23-11-10-22-14-19(23)16-3-2-4-17(21)13-16/h2-8,13,19,22H,9-12,14H2,1H3. The van der Waals surface area contributed by atoms with Crippen LogP contribution in [-0.4, -0.2) is 44.6 Å². The van der Waals surface area contributed by atoms with Gasteiger partial charge in [-0.2, -0.15) is 0 Å². The molecule has 1 aliphatic rings. The molecule has 2 aromatic carbocycles. The zero-order valence-electron chi connectivity index (χ0n) is 15.2. The van der Waals surface area contributed by atoms with Gasteiger partial charge in [-0.3, -0.25) is 4.79 Å². The van der Waals surface area contributed by atoms with Crippen molar-refractivity contribution in [1.82, 2.24) is 10.2 Å². The molecule has 0 spiro atoms. The third-order valence-electron chi connectivity index (χ3n) is 4.76. The van der Waals surface area contributed by atoms with Crippen LogP contribution in [0.25, 0.3) is 0 Å². The van der Waals surface area contributed by atoms with Crippen LogP contribution in [0.5, 0.6) is 0 Å². The lowest BCUT2D eigenvalue weighted by Crippen LogP contribution is -2.49. The Morgan fingerprint density at radius 3 is 2.67 bits per heavy atom. The summed E-state index contributed by atoms with van der Waals surface area (Å²) in [6, 6.07) is 12.5. The molecule has 0 radical (unpaired) electrons. The zero-order chi connectivity index (χ0) is 19.4. The summed E-state index contributed by atoms with van der Waals surface area (Å²) in [5, 5.41) is 3.21. The number of hydrogen-bond acceptors (Lipinski definition) is 4. The number of carbonyl (C=O) groups is 1. The number of amides is 1. The van der Waals surface area contributed by atoms with Crippen molar-refractivity contribution in [2.75, 3.05) is 25.4 Å². The highest BCUT2D eigenvalue weighted by Crippen LogP contribution is 2.24. The van der Waals surface area contributed by atoms with Gasteiger partial charge in [-0.1, -0.05) is 29.8 Å². The lowest BCUT2D eigenvalue weighted by molar-refractivity contribution is -0.134. The summed E-state index contributed by atoms with van der Waals surface area (Å²) in [6.45, 7) is 3.49. The number of nitrogens with one attached hydrogen (secondary N) is 1. The van der Waals surface area contributed by atoms with Crippen molar-refractivity contribution in [2.24, 2.45) is 0 Å². The molecule has 5 nitrogen and oxygen atoms in total. The fraction of sp³-hybridized carbons (Fsp3) is 0.350. The maximum atomic E-state index is 13.6. The van der Waals surface area contributed by atoms with Crippen LogP contribution in [0.4, 0.5) is 4.39 Å². The van der Waals surface area contributed by atoms with Crippen LogP contribution in [0.15, 0.2) is 53.4 Å². The van der Waals surface area contributed by atoms with Gasteiger partial charge in [0.2, 0.25) is 5.91 Å². The average molecular weight is 390 g/mol. The summed E-state index contributed by atoms with van der Waals surface area (Å²) in [5.74, 6) is -0.830. The first kappa shape index (κ1) is 19.5. The van der Waals surface area contributed by atoms with Crippen LogP contribution < -0.4 is 5.32 Å². The summed E-state index contributed by atoms with van der Waals surface area (Å²) in [5.41, 5.74) is 1.68. The Morgan fingerprint density at radius 2 is 1.96 bits per heavy atom. The van der Waals surface area contributed by atoms with Gasteiger partial charge in [0.05, 0.1) is 16.7 Å². The zero-order valence-corrected chi connectivity index (χ0v) is 16.0. The minimum atomic E-state index is -3.52. The third-order valence-corrected chi connectivity index (χ3v) is 6.49. The van der Waals surface area contributed by atoms with Gasteiger partial charge in [-0.15, -0.1) is 0 Å². The summed E-state index contributed by atoms with van der Waals surface area (Å²) in [7, 11) is -3.52. The molecular weight excluding hydrogens is 367 g/mol. The van der Waals surface area contributed by atoms with Crippen molar-refractivity contribution >= 4 is 15.7 Å². The Balaban J connectivity index is 1.71. The molecule has 27 heavy (non-hydrogen) atoms. The van der Waals surface area contributed by atoms with Crippen LogP contribution in [-0.2, 0) is 14.6 Å². The van der Waals surface area contributed by atoms with Crippen molar-refractivity contribution in [3.63, 3.8) is 0 Å². The van der Waals surface area contributed by atoms with E-state index in [-0.39, 0.29) is 34.8 Å². The van der Waals surface area contributed by atoms with Crippen LogP contribution in [0.1, 0.15) is 23.6 Å². The van der Waals surface area contributed by atoms with Gasteiger partial charge in [0.25, 0.3) is 0 Å². The second kappa shape index (κ2) is 8.19. The molecule has 0 bridgehead atoms. The predicted octanol–water partition coefficient (Wildman–Crippen LogP) is 2.47. The first-order chi connectivity index (χ1) is 12.9. The Labute approximate surface area is 159 Å². The molecule has 0 saturated carbocycles. The second-order valence-electron chi connectivity index (χ2n) is 6.74. The number of rotatable bonds is 5. The predicted molar refractivity (Wildman–Crippen MR) is 102 cm³/mol. The van der Waals surface area contributed by atoms with E-state index in [1.54, 1.807) is 41.3 Å². The van der Waals surface area contributed by atoms with E-state index in [0.717, 1.165) is 5.56 Å². The van der Waals surface area contributed by atoms with Gasteiger partial charge in [0, 0.05) is 26.1 Å². The van der Waals surface area contributed by atoms with Gasteiger partial charge in [-0.25, -0.2) is 12.8 Å². The minimum Gasteiger partial charge on any atom is -0.333 e. The van der Waals surface area contributed by atoms with Crippen molar-refractivity contribution < 1.29 is 17.6 Å². The molecule has 1 aliphatic heterocycles. The Hall–Kier alpha value is -2.25. The van der Waals surface area contributed by atoms with E-state index in [1.807, 2.05) is 6.92 Å². The molecule has 0 aromatic heterocycles. The topological polar surface area (TPSA) is 66.5 Å². The second-order valence-corrected chi connectivity index (χ2v) is 8.85. The van der Waals surface area contributed by atoms with Gasteiger partial charge in [0.1, 0.15) is 5.82 Å². The smallest absolute Gasteiger partial charge is 0.224 e. The third kappa shape index (κ3) is 4.73. The van der Waals surface area contributed by atoms with E-state index in [9.17, 15) is 17.6 Å². The maximum Gasteiger partial charge on any atom is 0.224 e. The fourth-order valence-corrected chi connectivity index (χ4v) is 4.47. The lowest BCUT2D eigenvalue weighted by Gasteiger charge is -2.36. The monoisotopic (exact) mass is 390 g/mol. The highest BCUT2D eigenvalue weighted by molar-refractivity contribution is 7.91. The van der Waals surface area contributed by atoms with E-state index in [4.69, 9.17) is 0 Å². The number of carbonyl (C=O) groups excluding carboxylic acids is 1. The summed E-state index contributed by atoms with van der Waals surface area (Å²) < 4.78 is 38.6. The maximum absolute atomic E-state index is 13.6. The first-order valence-electron chi connectivity index (χ1n) is 8.92. The molecule has 1 fully saturated rings. The average Bonchev–Trinajstić information content (AvgIpc) is 2.66. The molecule has 2 aromatic rings. The SMILES string of the molecule is Cc1ccc(S(=O)(=O)CCC(=O)N2CCNCC2c2cccc(F)c2)cc1. The largest absolute Gasteiger partial charge is 0.333 e. The Kier molecular flexibility index (Phi) is 5.92. The first-order valence-corrected chi connectivity index (χ1v) is 10.6. The summed E-state index contributed by atoms with van der Waals surface area (Å²) in [6.07, 6.45) is -0.0952. The van der Waals surface area contributed by atoms with Crippen molar-refractivity contribution in [1.29, 1.82) is 0 Å². The molecule has 0 aliphatic carbocycles. The number of nitrogens with zero attached hydrogens (tertiary/aromatic N) is 1. The van der Waals surface area contributed by atoms with Crippen LogP contribution in [0, 0.1) is 12.7 Å². The number of halogens is 1. The number of aryl methyl sites for hydroxylation is 1. The molecule has 1 saturated heterocycles. The van der Waals surface area contributed by atoms with E-state index in [1.165, 1.54) is 12.1 Å². The molecule has 1 amide bonds. The molecule has 1 heterocycles. The molecule has 1 atom stereocenters. The van der Waals surface area contributed by atoms with Crippen LogP contribution in [0.2, 0.25) is 0 Å². The normalized spacial score (nSPS) is 17.7. The highest BCUT2D eigenvalue weighted by atomic mass is 32.2. The number of hydrogen-bond donors (Lipinski definition) is 1. The number of sulfone groups is 1. The van der Waals surface area contributed by atoms with E-state index >= 15 is 0 Å². The quantitative estimate of drug-likeness (QED) is 0.852. The van der Waals surface area contributed by atoms with E-state index in [0.29, 0.717) is 25.2 Å². The fourth-order valence-electron chi connectivity index (χ4n) is 3.24. The molecule has 144 valence electrons. The lowest BCUT2D eigenvalue weighted by atomic mass is 10.0.